The molecule has 1 aromatic carbocycles. The molecule has 0 aliphatic rings. The number of benzene rings is 1. The van der Waals surface area contributed by atoms with Gasteiger partial charge in [0, 0.05) is 18.0 Å². The first-order valence-electron chi connectivity index (χ1n) is 8.15. The van der Waals surface area contributed by atoms with Crippen LogP contribution >= 0.6 is 0 Å². The summed E-state index contributed by atoms with van der Waals surface area (Å²) in [6.45, 7) is 3.54. The number of anilines is 1. The van der Waals surface area contributed by atoms with Gasteiger partial charge in [0.25, 0.3) is 0 Å². The molecule has 7 N–H and O–H groups in total. The van der Waals surface area contributed by atoms with Gasteiger partial charge in [0.1, 0.15) is 0 Å². The van der Waals surface area contributed by atoms with Gasteiger partial charge in [-0.15, -0.1) is 0 Å². The van der Waals surface area contributed by atoms with Gasteiger partial charge in [-0.2, -0.15) is 0 Å². The summed E-state index contributed by atoms with van der Waals surface area (Å²) in [6.07, 6.45) is 0.475. The lowest BCUT2D eigenvalue weighted by Crippen LogP contribution is -2.62. The lowest BCUT2D eigenvalue weighted by molar-refractivity contribution is -0.161. The molecule has 0 aliphatic heterocycles. The highest BCUT2D eigenvalue weighted by atomic mass is 16.4. The molecule has 9 nitrogen and oxygen atoms in total. The first-order chi connectivity index (χ1) is 12.2. The Morgan fingerprint density at radius 3 is 2.23 bits per heavy atom. The average molecular weight is 364 g/mol. The van der Waals surface area contributed by atoms with Crippen molar-refractivity contribution in [3.8, 4) is 0 Å². The predicted molar refractivity (Wildman–Crippen MR) is 95.9 cm³/mol. The molecule has 1 amide bonds. The van der Waals surface area contributed by atoms with Gasteiger partial charge in [0.2, 0.25) is 11.4 Å². The summed E-state index contributed by atoms with van der Waals surface area (Å²) in [6, 6.07) is 6.18. The monoisotopic (exact) mass is 364 g/mol. The molecule has 0 spiro atoms. The van der Waals surface area contributed by atoms with Crippen LogP contribution in [0.4, 0.5) is 5.69 Å². The Balaban J connectivity index is 3.22. The first kappa shape index (κ1) is 20.9. The second-order valence-corrected chi connectivity index (χ2v) is 5.93. The van der Waals surface area contributed by atoms with Gasteiger partial charge in [0.15, 0.2) is 5.96 Å². The van der Waals surface area contributed by atoms with Crippen molar-refractivity contribution in [2.75, 3.05) is 5.32 Å². The molecule has 1 aromatic rings. The van der Waals surface area contributed by atoms with Crippen LogP contribution in [0, 0.1) is 11.3 Å². The Morgan fingerprint density at radius 1 is 1.19 bits per heavy atom. The molecule has 9 heteroatoms. The van der Waals surface area contributed by atoms with E-state index in [0.717, 1.165) is 0 Å². The number of carboxylic acid groups (broad SMARTS) is 2. The van der Waals surface area contributed by atoms with Gasteiger partial charge >= 0.3 is 11.9 Å². The molecule has 0 saturated heterocycles. The fourth-order valence-corrected chi connectivity index (χ4v) is 2.59. The van der Waals surface area contributed by atoms with Gasteiger partial charge in [-0.05, 0) is 30.5 Å². The number of aliphatic carboxylic acids is 2. The van der Waals surface area contributed by atoms with Gasteiger partial charge in [-0.25, -0.2) is 9.59 Å². The van der Waals surface area contributed by atoms with Crippen LogP contribution in [0.15, 0.2) is 24.3 Å². The van der Waals surface area contributed by atoms with E-state index in [1.165, 1.54) is 12.1 Å². The van der Waals surface area contributed by atoms with E-state index >= 15 is 0 Å². The molecule has 0 radical (unpaired) electrons. The fraction of sp³-hybridized carbons (Fsp3) is 0.412. The summed E-state index contributed by atoms with van der Waals surface area (Å²) in [7, 11) is 0. The SMILES string of the molecule is CCC(CC)C(=O)NC(Cc1cccc(NC(=N)N)c1)(C(=O)O)C(=O)O. The third kappa shape index (κ3) is 4.95. The molecule has 1 rings (SSSR count). The van der Waals surface area contributed by atoms with Crippen LogP contribution in [0.25, 0.3) is 0 Å². The van der Waals surface area contributed by atoms with Crippen molar-refractivity contribution in [1.29, 1.82) is 5.41 Å². The first-order valence-corrected chi connectivity index (χ1v) is 8.15. The second kappa shape index (κ2) is 8.84. The molecule has 0 atom stereocenters. The molecule has 0 unspecified atom stereocenters. The molecular formula is C17H24N4O5. The number of nitrogens with two attached hydrogens (primary N) is 1. The summed E-state index contributed by atoms with van der Waals surface area (Å²) in [5.74, 6) is -4.72. The van der Waals surface area contributed by atoms with E-state index in [4.69, 9.17) is 11.1 Å². The van der Waals surface area contributed by atoms with E-state index in [2.05, 4.69) is 10.6 Å². The van der Waals surface area contributed by atoms with Crippen molar-refractivity contribution in [2.45, 2.75) is 38.6 Å². The molecule has 0 fully saturated rings. The lowest BCUT2D eigenvalue weighted by atomic mass is 9.89. The third-order valence-corrected chi connectivity index (χ3v) is 4.10. The van der Waals surface area contributed by atoms with Crippen LogP contribution in [0.2, 0.25) is 0 Å². The van der Waals surface area contributed by atoms with Crippen molar-refractivity contribution in [3.63, 3.8) is 0 Å². The van der Waals surface area contributed by atoms with E-state index in [1.54, 1.807) is 26.0 Å². The Bertz CT molecular complexity index is 686. The number of hydrogen-bond donors (Lipinski definition) is 6. The minimum Gasteiger partial charge on any atom is -0.479 e. The van der Waals surface area contributed by atoms with Crippen LogP contribution in [0.1, 0.15) is 32.3 Å². The van der Waals surface area contributed by atoms with Crippen LogP contribution < -0.4 is 16.4 Å². The topological polar surface area (TPSA) is 166 Å². The Hall–Kier alpha value is -3.10. The van der Waals surface area contributed by atoms with Crippen molar-refractivity contribution >= 4 is 29.5 Å². The molecule has 0 aromatic heterocycles. The minimum absolute atomic E-state index is 0.313. The number of guanidine groups is 1. The number of hydrogen-bond acceptors (Lipinski definition) is 4. The number of nitrogens with one attached hydrogen (secondary N) is 3. The van der Waals surface area contributed by atoms with Gasteiger partial charge in [-0.1, -0.05) is 26.0 Å². The zero-order chi connectivity index (χ0) is 19.9. The summed E-state index contributed by atoms with van der Waals surface area (Å²) in [5, 5.41) is 31.1. The fourth-order valence-electron chi connectivity index (χ4n) is 2.59. The number of carboxylic acids is 2. The van der Waals surface area contributed by atoms with Crippen molar-refractivity contribution < 1.29 is 24.6 Å². The maximum absolute atomic E-state index is 12.3. The van der Waals surface area contributed by atoms with E-state index in [1.807, 2.05) is 0 Å². The van der Waals surface area contributed by atoms with Crippen molar-refractivity contribution in [3.05, 3.63) is 29.8 Å². The van der Waals surface area contributed by atoms with E-state index in [-0.39, 0.29) is 5.96 Å². The molecule has 0 heterocycles. The maximum Gasteiger partial charge on any atom is 0.341 e. The second-order valence-electron chi connectivity index (χ2n) is 5.93. The summed E-state index contributed by atoms with van der Waals surface area (Å²) < 4.78 is 0. The normalized spacial score (nSPS) is 11.0. The van der Waals surface area contributed by atoms with Gasteiger partial charge in [-0.3, -0.25) is 10.2 Å². The number of rotatable bonds is 9. The molecular weight excluding hydrogens is 340 g/mol. The largest absolute Gasteiger partial charge is 0.479 e. The number of carbonyl (C=O) groups is 3. The zero-order valence-corrected chi connectivity index (χ0v) is 14.7. The standard InChI is InChI=1S/C17H24N4O5/c1-3-11(4-2)13(22)21-17(14(23)24,15(25)26)9-10-6-5-7-12(8-10)20-16(18)19/h5-8,11H,3-4,9H2,1-2H3,(H,21,22)(H,23,24)(H,25,26)(H4,18,19,20). The molecule has 142 valence electrons. The van der Waals surface area contributed by atoms with Crippen LogP contribution in [-0.2, 0) is 20.8 Å². The van der Waals surface area contributed by atoms with Crippen LogP contribution in [0.3, 0.4) is 0 Å². The number of carbonyl (C=O) groups excluding carboxylic acids is 1. The van der Waals surface area contributed by atoms with E-state index < -0.39 is 35.7 Å². The smallest absolute Gasteiger partial charge is 0.341 e. The molecule has 0 saturated carbocycles. The molecule has 0 aliphatic carbocycles. The highest BCUT2D eigenvalue weighted by molar-refractivity contribution is 6.07. The van der Waals surface area contributed by atoms with E-state index in [9.17, 15) is 24.6 Å². The molecule has 26 heavy (non-hydrogen) atoms. The number of amides is 1. The quantitative estimate of drug-likeness (QED) is 0.216. The summed E-state index contributed by atoms with van der Waals surface area (Å²) in [5.41, 5.74) is 3.52. The van der Waals surface area contributed by atoms with Crippen molar-refractivity contribution in [1.82, 2.24) is 5.32 Å². The average Bonchev–Trinajstić information content (AvgIpc) is 2.54. The Morgan fingerprint density at radius 2 is 1.77 bits per heavy atom. The highest BCUT2D eigenvalue weighted by Gasteiger charge is 2.48. The predicted octanol–water partition coefficient (Wildman–Crippen LogP) is 0.995. The van der Waals surface area contributed by atoms with Gasteiger partial charge in [0.05, 0.1) is 0 Å². The van der Waals surface area contributed by atoms with Crippen LogP contribution in [0.5, 0.6) is 0 Å². The Labute approximate surface area is 151 Å². The summed E-state index contributed by atoms with van der Waals surface area (Å²) in [4.78, 5) is 35.9. The van der Waals surface area contributed by atoms with Crippen LogP contribution in [-0.4, -0.2) is 39.6 Å². The highest BCUT2D eigenvalue weighted by Crippen LogP contribution is 2.20. The van der Waals surface area contributed by atoms with E-state index in [0.29, 0.717) is 24.1 Å². The Kier molecular flexibility index (Phi) is 7.12. The zero-order valence-electron chi connectivity index (χ0n) is 14.7. The van der Waals surface area contributed by atoms with Crippen molar-refractivity contribution in [2.24, 2.45) is 11.7 Å². The maximum atomic E-state index is 12.3. The lowest BCUT2D eigenvalue weighted by Gasteiger charge is -2.28. The minimum atomic E-state index is -2.49. The van der Waals surface area contributed by atoms with Gasteiger partial charge < -0.3 is 26.6 Å². The summed E-state index contributed by atoms with van der Waals surface area (Å²) >= 11 is 0. The molecule has 0 bridgehead atoms. The third-order valence-electron chi connectivity index (χ3n) is 4.10.